The minimum absolute atomic E-state index is 0.401. The minimum atomic E-state index is 0.401. The number of hydrogen-bond acceptors (Lipinski definition) is 9. The van der Waals surface area contributed by atoms with E-state index in [2.05, 4.69) is 25.7 Å². The smallest absolute Gasteiger partial charge is 0.259 e. The highest BCUT2D eigenvalue weighted by atomic mass is 35.5. The van der Waals surface area contributed by atoms with Gasteiger partial charge in [0.05, 0.1) is 28.6 Å². The molecule has 29 heavy (non-hydrogen) atoms. The van der Waals surface area contributed by atoms with E-state index in [0.29, 0.717) is 39.8 Å². The van der Waals surface area contributed by atoms with Crippen LogP contribution in [-0.4, -0.2) is 26.9 Å². The SMILES string of the molecule is CCOc1ccccc1Nc1nnc(SCc2noc(-c3ccccc3Cl)n2)s1. The van der Waals surface area contributed by atoms with Gasteiger partial charge in [-0.05, 0) is 31.2 Å². The number of anilines is 2. The summed E-state index contributed by atoms with van der Waals surface area (Å²) in [6.07, 6.45) is 0. The molecular weight excluding hydrogens is 430 g/mol. The topological polar surface area (TPSA) is 86.0 Å². The van der Waals surface area contributed by atoms with Crippen LogP contribution in [0.2, 0.25) is 5.02 Å². The molecule has 4 rings (SSSR count). The number of hydrogen-bond donors (Lipinski definition) is 1. The van der Waals surface area contributed by atoms with Crippen LogP contribution in [0.3, 0.4) is 0 Å². The maximum absolute atomic E-state index is 6.18. The first-order chi connectivity index (χ1) is 14.2. The summed E-state index contributed by atoms with van der Waals surface area (Å²) in [5.74, 6) is 2.26. The van der Waals surface area contributed by atoms with Crippen molar-refractivity contribution in [3.05, 3.63) is 59.4 Å². The van der Waals surface area contributed by atoms with E-state index in [1.54, 1.807) is 6.07 Å². The van der Waals surface area contributed by atoms with Gasteiger partial charge in [-0.3, -0.25) is 0 Å². The summed E-state index contributed by atoms with van der Waals surface area (Å²) in [6.45, 7) is 2.54. The van der Waals surface area contributed by atoms with E-state index in [9.17, 15) is 0 Å². The third kappa shape index (κ3) is 4.87. The first-order valence-electron chi connectivity index (χ1n) is 8.75. The van der Waals surface area contributed by atoms with E-state index in [-0.39, 0.29) is 0 Å². The second kappa shape index (κ2) is 9.25. The number of nitrogens with zero attached hydrogens (tertiary/aromatic N) is 4. The van der Waals surface area contributed by atoms with Gasteiger partial charge < -0.3 is 14.6 Å². The van der Waals surface area contributed by atoms with Crippen LogP contribution in [0.25, 0.3) is 11.5 Å². The van der Waals surface area contributed by atoms with Crippen molar-refractivity contribution in [2.75, 3.05) is 11.9 Å². The first-order valence-corrected chi connectivity index (χ1v) is 10.9. The average molecular weight is 446 g/mol. The van der Waals surface area contributed by atoms with Gasteiger partial charge in [0.1, 0.15) is 5.75 Å². The number of thioether (sulfide) groups is 1. The third-order valence-corrected chi connectivity index (χ3v) is 6.03. The van der Waals surface area contributed by atoms with Crippen molar-refractivity contribution < 1.29 is 9.26 Å². The maximum atomic E-state index is 6.18. The summed E-state index contributed by atoms with van der Waals surface area (Å²) >= 11 is 9.11. The molecule has 0 fully saturated rings. The van der Waals surface area contributed by atoms with Gasteiger partial charge in [-0.1, -0.05) is 64.1 Å². The van der Waals surface area contributed by atoms with Crippen molar-refractivity contribution in [2.45, 2.75) is 17.0 Å². The van der Waals surface area contributed by atoms with Gasteiger partial charge in [0.2, 0.25) is 5.13 Å². The van der Waals surface area contributed by atoms with Gasteiger partial charge in [0.25, 0.3) is 5.89 Å². The lowest BCUT2D eigenvalue weighted by molar-refractivity contribution is 0.342. The third-order valence-electron chi connectivity index (χ3n) is 3.73. The number of ether oxygens (including phenoxy) is 1. The Morgan fingerprint density at radius 3 is 2.83 bits per heavy atom. The molecule has 0 saturated carbocycles. The zero-order valence-corrected chi connectivity index (χ0v) is 17.7. The molecule has 2 aromatic carbocycles. The van der Waals surface area contributed by atoms with Crippen molar-refractivity contribution in [3.8, 4) is 17.2 Å². The molecule has 2 aromatic heterocycles. The Balaban J connectivity index is 1.39. The largest absolute Gasteiger partial charge is 0.492 e. The van der Waals surface area contributed by atoms with Crippen molar-refractivity contribution in [1.29, 1.82) is 0 Å². The predicted octanol–water partition coefficient (Wildman–Crippen LogP) is 5.68. The van der Waals surface area contributed by atoms with Gasteiger partial charge in [0, 0.05) is 0 Å². The fourth-order valence-corrected chi connectivity index (χ4v) is 4.29. The molecule has 148 valence electrons. The summed E-state index contributed by atoms with van der Waals surface area (Å²) in [5.41, 5.74) is 1.57. The van der Waals surface area contributed by atoms with Gasteiger partial charge in [-0.15, -0.1) is 10.2 Å². The lowest BCUT2D eigenvalue weighted by Crippen LogP contribution is -1.97. The van der Waals surface area contributed by atoms with E-state index < -0.39 is 0 Å². The predicted molar refractivity (Wildman–Crippen MR) is 115 cm³/mol. The average Bonchev–Trinajstić information content (AvgIpc) is 3.38. The zero-order valence-electron chi connectivity index (χ0n) is 15.3. The zero-order chi connectivity index (χ0) is 20.1. The molecule has 2 heterocycles. The Bertz CT molecular complexity index is 1100. The van der Waals surface area contributed by atoms with Gasteiger partial charge in [0.15, 0.2) is 10.2 Å². The molecule has 1 N–H and O–H groups in total. The molecule has 0 aliphatic heterocycles. The van der Waals surface area contributed by atoms with E-state index in [1.807, 2.05) is 49.4 Å². The van der Waals surface area contributed by atoms with Crippen LogP contribution in [0.15, 0.2) is 57.4 Å². The Morgan fingerprint density at radius 2 is 1.97 bits per heavy atom. The second-order valence-corrected chi connectivity index (χ2v) is 8.32. The van der Waals surface area contributed by atoms with Crippen LogP contribution in [-0.2, 0) is 5.75 Å². The van der Waals surface area contributed by atoms with Crippen LogP contribution in [0, 0.1) is 0 Å². The first kappa shape index (κ1) is 19.7. The second-order valence-electron chi connectivity index (χ2n) is 5.71. The molecule has 0 amide bonds. The molecular formula is C19H16ClN5O2S2. The van der Waals surface area contributed by atoms with Crippen molar-refractivity contribution in [3.63, 3.8) is 0 Å². The summed E-state index contributed by atoms with van der Waals surface area (Å²) in [7, 11) is 0. The van der Waals surface area contributed by atoms with Crippen LogP contribution in [0.4, 0.5) is 10.8 Å². The number of aromatic nitrogens is 4. The number of rotatable bonds is 8. The molecule has 0 bridgehead atoms. The monoisotopic (exact) mass is 445 g/mol. The molecule has 0 radical (unpaired) electrons. The number of nitrogens with one attached hydrogen (secondary N) is 1. The van der Waals surface area contributed by atoms with Crippen molar-refractivity contribution in [2.24, 2.45) is 0 Å². The maximum Gasteiger partial charge on any atom is 0.259 e. The fraction of sp³-hybridized carbons (Fsp3) is 0.158. The highest BCUT2D eigenvalue weighted by molar-refractivity contribution is 8.00. The van der Waals surface area contributed by atoms with E-state index >= 15 is 0 Å². The van der Waals surface area contributed by atoms with Gasteiger partial charge >= 0.3 is 0 Å². The molecule has 7 nitrogen and oxygen atoms in total. The molecule has 10 heteroatoms. The molecule has 0 aliphatic rings. The Hall–Kier alpha value is -2.62. The molecule has 4 aromatic rings. The van der Waals surface area contributed by atoms with E-state index in [4.69, 9.17) is 20.9 Å². The van der Waals surface area contributed by atoms with Gasteiger partial charge in [-0.2, -0.15) is 4.98 Å². The molecule has 0 atom stereocenters. The quantitative estimate of drug-likeness (QED) is 0.347. The molecule has 0 saturated heterocycles. The Labute approximate surface area is 180 Å². The summed E-state index contributed by atoms with van der Waals surface area (Å²) in [6, 6.07) is 15.1. The van der Waals surface area contributed by atoms with Crippen LogP contribution >= 0.6 is 34.7 Å². The van der Waals surface area contributed by atoms with Crippen LogP contribution < -0.4 is 10.1 Å². The summed E-state index contributed by atoms with van der Waals surface area (Å²) in [5, 5.41) is 16.9. The molecule has 0 spiro atoms. The van der Waals surface area contributed by atoms with Crippen LogP contribution in [0.1, 0.15) is 12.7 Å². The normalized spacial score (nSPS) is 10.8. The van der Waals surface area contributed by atoms with Crippen molar-refractivity contribution >= 4 is 45.5 Å². The standard InChI is InChI=1S/C19H16ClN5O2S2/c1-2-26-15-10-6-5-9-14(15)21-18-23-24-19(29-18)28-11-16-22-17(27-25-16)12-7-3-4-8-13(12)20/h3-10H,2,11H2,1H3,(H,21,23). The number of halogens is 1. The highest BCUT2D eigenvalue weighted by Gasteiger charge is 2.13. The molecule has 0 unspecified atom stereocenters. The van der Waals surface area contributed by atoms with Crippen molar-refractivity contribution in [1.82, 2.24) is 20.3 Å². The Kier molecular flexibility index (Phi) is 6.28. The highest BCUT2D eigenvalue weighted by Crippen LogP contribution is 2.33. The lowest BCUT2D eigenvalue weighted by Gasteiger charge is -2.09. The number of para-hydroxylation sites is 2. The minimum Gasteiger partial charge on any atom is -0.492 e. The summed E-state index contributed by atoms with van der Waals surface area (Å²) in [4.78, 5) is 4.40. The fourth-order valence-electron chi connectivity index (χ4n) is 2.47. The van der Waals surface area contributed by atoms with E-state index in [1.165, 1.54) is 23.1 Å². The summed E-state index contributed by atoms with van der Waals surface area (Å²) < 4.78 is 11.7. The molecule has 0 aliphatic carbocycles. The van der Waals surface area contributed by atoms with Crippen LogP contribution in [0.5, 0.6) is 5.75 Å². The van der Waals surface area contributed by atoms with E-state index in [0.717, 1.165) is 15.8 Å². The number of benzene rings is 2. The Morgan fingerprint density at radius 1 is 1.14 bits per heavy atom. The lowest BCUT2D eigenvalue weighted by atomic mass is 10.2. The van der Waals surface area contributed by atoms with Gasteiger partial charge in [-0.25, -0.2) is 0 Å².